The highest BCUT2D eigenvalue weighted by Gasteiger charge is 2.30. The Balaban J connectivity index is 1.70. The number of carbonyl (C=O) groups excluding carboxylic acids is 1. The number of benzene rings is 1. The second kappa shape index (κ2) is 6.94. The van der Waals surface area contributed by atoms with E-state index < -0.39 is 0 Å². The Hall–Kier alpha value is -2.24. The van der Waals surface area contributed by atoms with Crippen LogP contribution in [0.4, 0.5) is 4.39 Å². The van der Waals surface area contributed by atoms with Crippen LogP contribution in [-0.2, 0) is 4.79 Å². The zero-order valence-electron chi connectivity index (χ0n) is 15.0. The van der Waals surface area contributed by atoms with E-state index in [-0.39, 0.29) is 23.1 Å². The highest BCUT2D eigenvalue weighted by atomic mass is 19.1. The average Bonchev–Trinajstić information content (AvgIpc) is 3.04. The third-order valence-corrected chi connectivity index (χ3v) is 4.35. The Labute approximate surface area is 147 Å². The molecule has 25 heavy (non-hydrogen) atoms. The smallest absolute Gasteiger partial charge is 0.231 e. The van der Waals surface area contributed by atoms with E-state index >= 15 is 0 Å². The van der Waals surface area contributed by atoms with Gasteiger partial charge in [-0.25, -0.2) is 4.39 Å². The van der Waals surface area contributed by atoms with Gasteiger partial charge in [0.25, 0.3) is 0 Å². The van der Waals surface area contributed by atoms with E-state index in [1.54, 1.807) is 12.1 Å². The van der Waals surface area contributed by atoms with Crippen molar-refractivity contribution < 1.29 is 13.7 Å². The molecule has 5 nitrogen and oxygen atoms in total. The maximum absolute atomic E-state index is 13.0. The fraction of sp³-hybridized carbons (Fsp3) is 0.526. The number of hydrogen-bond donors (Lipinski definition) is 0. The topological polar surface area (TPSA) is 59.2 Å². The van der Waals surface area contributed by atoms with Crippen LogP contribution in [0.25, 0.3) is 11.4 Å². The molecular formula is C19H24FN3O2. The summed E-state index contributed by atoms with van der Waals surface area (Å²) in [6.45, 7) is 7.60. The zero-order chi connectivity index (χ0) is 18.0. The third-order valence-electron chi connectivity index (χ3n) is 4.35. The van der Waals surface area contributed by atoms with Gasteiger partial charge in [-0.2, -0.15) is 4.98 Å². The third kappa shape index (κ3) is 4.44. The molecule has 1 aromatic carbocycles. The molecule has 0 unspecified atom stereocenters. The fourth-order valence-corrected chi connectivity index (χ4v) is 3.09. The van der Waals surface area contributed by atoms with Gasteiger partial charge in [0.05, 0.1) is 5.92 Å². The number of nitrogens with zero attached hydrogens (tertiary/aromatic N) is 3. The molecule has 0 N–H and O–H groups in total. The molecule has 0 radical (unpaired) electrons. The van der Waals surface area contributed by atoms with Crippen molar-refractivity contribution >= 4 is 5.91 Å². The van der Waals surface area contributed by atoms with Crippen LogP contribution in [0, 0.1) is 11.2 Å². The minimum atomic E-state index is -0.298. The van der Waals surface area contributed by atoms with Crippen molar-refractivity contribution in [1.82, 2.24) is 15.0 Å². The van der Waals surface area contributed by atoms with Crippen molar-refractivity contribution in [1.29, 1.82) is 0 Å². The van der Waals surface area contributed by atoms with Crippen molar-refractivity contribution in [2.75, 3.05) is 13.1 Å². The largest absolute Gasteiger partial charge is 0.342 e. The van der Waals surface area contributed by atoms with Gasteiger partial charge in [0.2, 0.25) is 17.6 Å². The van der Waals surface area contributed by atoms with E-state index in [4.69, 9.17) is 4.52 Å². The van der Waals surface area contributed by atoms with Crippen molar-refractivity contribution in [3.8, 4) is 11.4 Å². The summed E-state index contributed by atoms with van der Waals surface area (Å²) in [6.07, 6.45) is 2.38. The van der Waals surface area contributed by atoms with Crippen LogP contribution in [-0.4, -0.2) is 34.0 Å². The lowest BCUT2D eigenvalue weighted by molar-refractivity contribution is -0.134. The van der Waals surface area contributed by atoms with Crippen LogP contribution in [0.3, 0.4) is 0 Å². The summed E-state index contributed by atoms with van der Waals surface area (Å²) < 4.78 is 18.5. The monoisotopic (exact) mass is 345 g/mol. The molecule has 1 atom stereocenters. The van der Waals surface area contributed by atoms with Gasteiger partial charge >= 0.3 is 0 Å². The Bertz CT molecular complexity index is 734. The Morgan fingerprint density at radius 1 is 1.32 bits per heavy atom. The van der Waals surface area contributed by atoms with Gasteiger partial charge in [-0.1, -0.05) is 25.9 Å². The number of hydrogen-bond acceptors (Lipinski definition) is 4. The molecule has 2 aromatic rings. The van der Waals surface area contributed by atoms with Crippen LogP contribution < -0.4 is 0 Å². The van der Waals surface area contributed by atoms with Crippen LogP contribution >= 0.6 is 0 Å². The molecule has 1 fully saturated rings. The molecule has 0 bridgehead atoms. The minimum Gasteiger partial charge on any atom is -0.342 e. The number of halogens is 1. The van der Waals surface area contributed by atoms with Gasteiger partial charge in [0.1, 0.15) is 5.82 Å². The maximum atomic E-state index is 13.0. The second-order valence-corrected chi connectivity index (χ2v) is 7.88. The standard InChI is InChI=1S/C19H24FN3O2/c1-19(2,3)11-16(24)23-10-4-5-14(12-23)18-21-17(22-25-18)13-6-8-15(20)9-7-13/h6-9,14H,4-5,10-12H2,1-3H3/t14-/m1/s1. The molecule has 1 aliphatic heterocycles. The molecule has 6 heteroatoms. The SMILES string of the molecule is CC(C)(C)CC(=O)N1CCC[C@@H](c2nc(-c3ccc(F)cc3)no2)C1. The first kappa shape index (κ1) is 17.6. The molecule has 1 aliphatic rings. The quantitative estimate of drug-likeness (QED) is 0.843. The van der Waals surface area contributed by atoms with Crippen LogP contribution in [0.15, 0.2) is 28.8 Å². The molecule has 134 valence electrons. The lowest BCUT2D eigenvalue weighted by Crippen LogP contribution is -2.40. The summed E-state index contributed by atoms with van der Waals surface area (Å²) in [7, 11) is 0. The first-order chi connectivity index (χ1) is 11.8. The number of likely N-dealkylation sites (tertiary alicyclic amines) is 1. The number of rotatable bonds is 3. The van der Waals surface area contributed by atoms with Gasteiger partial charge in [0, 0.05) is 25.1 Å². The van der Waals surface area contributed by atoms with Crippen LogP contribution in [0.5, 0.6) is 0 Å². The minimum absolute atomic E-state index is 0.0235. The lowest BCUT2D eigenvalue weighted by Gasteiger charge is -2.33. The molecule has 0 saturated carbocycles. The summed E-state index contributed by atoms with van der Waals surface area (Å²) in [6, 6.07) is 6.01. The molecule has 1 saturated heterocycles. The summed E-state index contributed by atoms with van der Waals surface area (Å²) in [5, 5.41) is 4.01. The Morgan fingerprint density at radius 3 is 2.72 bits per heavy atom. The van der Waals surface area contributed by atoms with Crippen molar-refractivity contribution in [3.05, 3.63) is 36.0 Å². The fourth-order valence-electron chi connectivity index (χ4n) is 3.09. The lowest BCUT2D eigenvalue weighted by atomic mass is 9.90. The van der Waals surface area contributed by atoms with E-state index in [0.717, 1.165) is 19.4 Å². The summed E-state index contributed by atoms with van der Waals surface area (Å²) in [5.74, 6) is 0.934. The van der Waals surface area contributed by atoms with E-state index in [1.807, 2.05) is 4.90 Å². The highest BCUT2D eigenvalue weighted by Crippen LogP contribution is 2.29. The normalized spacial score (nSPS) is 18.4. The van der Waals surface area contributed by atoms with E-state index in [2.05, 4.69) is 30.9 Å². The van der Waals surface area contributed by atoms with Crippen molar-refractivity contribution in [2.45, 2.75) is 46.0 Å². The molecule has 0 spiro atoms. The summed E-state index contributed by atoms with van der Waals surface area (Å²) >= 11 is 0. The zero-order valence-corrected chi connectivity index (χ0v) is 15.0. The van der Waals surface area contributed by atoms with Gasteiger partial charge in [-0.15, -0.1) is 0 Å². The molecule has 1 aromatic heterocycles. The highest BCUT2D eigenvalue weighted by molar-refractivity contribution is 5.77. The number of carbonyl (C=O) groups is 1. The van der Waals surface area contributed by atoms with Gasteiger partial charge in [-0.3, -0.25) is 4.79 Å². The Morgan fingerprint density at radius 2 is 2.04 bits per heavy atom. The van der Waals surface area contributed by atoms with Crippen molar-refractivity contribution in [3.63, 3.8) is 0 Å². The summed E-state index contributed by atoms with van der Waals surface area (Å²) in [5.41, 5.74) is 0.692. The van der Waals surface area contributed by atoms with Gasteiger partial charge < -0.3 is 9.42 Å². The molecular weight excluding hydrogens is 321 g/mol. The first-order valence-corrected chi connectivity index (χ1v) is 8.69. The van der Waals surface area contributed by atoms with Crippen LogP contribution in [0.1, 0.15) is 51.8 Å². The Kier molecular flexibility index (Phi) is 4.88. The maximum Gasteiger partial charge on any atom is 0.231 e. The van der Waals surface area contributed by atoms with Crippen LogP contribution in [0.2, 0.25) is 0 Å². The number of aromatic nitrogens is 2. The molecule has 0 aliphatic carbocycles. The predicted octanol–water partition coefficient (Wildman–Crippen LogP) is 4.02. The van der Waals surface area contributed by atoms with Crippen molar-refractivity contribution in [2.24, 2.45) is 5.41 Å². The molecule has 2 heterocycles. The number of piperidine rings is 1. The van der Waals surface area contributed by atoms with Gasteiger partial charge in [0.15, 0.2) is 0 Å². The second-order valence-electron chi connectivity index (χ2n) is 7.88. The molecule has 3 rings (SSSR count). The summed E-state index contributed by atoms with van der Waals surface area (Å²) in [4.78, 5) is 18.8. The number of amides is 1. The van der Waals surface area contributed by atoms with Gasteiger partial charge in [-0.05, 0) is 42.5 Å². The average molecular weight is 345 g/mol. The van der Waals surface area contributed by atoms with E-state index in [0.29, 0.717) is 30.2 Å². The van der Waals surface area contributed by atoms with E-state index in [1.165, 1.54) is 12.1 Å². The molecule has 1 amide bonds. The van der Waals surface area contributed by atoms with E-state index in [9.17, 15) is 9.18 Å². The first-order valence-electron chi connectivity index (χ1n) is 8.69. The predicted molar refractivity (Wildman–Crippen MR) is 92.3 cm³/mol.